The minimum Gasteiger partial charge on any atom is -0.347 e. The lowest BCUT2D eigenvalue weighted by atomic mass is 9.95. The molecular weight excluding hydrogens is 294 g/mol. The Kier molecular flexibility index (Phi) is 5.18. The smallest absolute Gasteiger partial charge is 0.274 e. The molecule has 1 heterocycles. The second-order valence-electron chi connectivity index (χ2n) is 5.76. The number of carbonyl (C=O) groups excluding carboxylic acids is 2. The Morgan fingerprint density at radius 2 is 1.74 bits per heavy atom. The summed E-state index contributed by atoms with van der Waals surface area (Å²) in [7, 11) is 1.82. The minimum absolute atomic E-state index is 0.145. The lowest BCUT2D eigenvalue weighted by molar-refractivity contribution is 0.0706. The molecule has 0 aliphatic heterocycles. The van der Waals surface area contributed by atoms with E-state index in [0.717, 1.165) is 5.56 Å². The van der Waals surface area contributed by atoms with Gasteiger partial charge in [-0.2, -0.15) is 0 Å². The maximum Gasteiger partial charge on any atom is 0.274 e. The number of hydrogen-bond acceptors (Lipinski definition) is 3. The van der Waals surface area contributed by atoms with E-state index in [2.05, 4.69) is 5.32 Å². The number of amides is 2. The summed E-state index contributed by atoms with van der Waals surface area (Å²) in [6.45, 7) is 4.04. The number of aryl methyl sites for hydroxylation is 1. The van der Waals surface area contributed by atoms with Crippen LogP contribution in [0.5, 0.6) is 0 Å². The molecule has 1 atom stereocenters. The van der Waals surface area contributed by atoms with Crippen molar-refractivity contribution in [2.45, 2.75) is 19.9 Å². The molecule has 122 valence electrons. The van der Waals surface area contributed by atoms with Crippen molar-refractivity contribution >= 4 is 11.8 Å². The van der Waals surface area contributed by atoms with E-state index in [0.29, 0.717) is 11.3 Å². The zero-order valence-electron chi connectivity index (χ0n) is 13.4. The number of nitrogens with zero attached hydrogens (tertiary/aromatic N) is 1. The van der Waals surface area contributed by atoms with Gasteiger partial charge in [0.2, 0.25) is 0 Å². The Morgan fingerprint density at radius 3 is 2.22 bits per heavy atom. The normalized spacial score (nSPS) is 12.0. The lowest BCUT2D eigenvalue weighted by Crippen LogP contribution is -2.32. The number of aromatic nitrogens is 1. The van der Waals surface area contributed by atoms with Crippen LogP contribution in [0.15, 0.2) is 42.6 Å². The van der Waals surface area contributed by atoms with Crippen LogP contribution in [0.3, 0.4) is 0 Å². The summed E-state index contributed by atoms with van der Waals surface area (Å²) in [5.74, 6) is -0.532. The predicted octanol–water partition coefficient (Wildman–Crippen LogP) is 2.27. The van der Waals surface area contributed by atoms with Gasteiger partial charge in [-0.05, 0) is 35.7 Å². The minimum atomic E-state index is -0.564. The van der Waals surface area contributed by atoms with Crippen LogP contribution in [0, 0.1) is 5.92 Å². The molecule has 6 nitrogen and oxygen atoms in total. The van der Waals surface area contributed by atoms with Gasteiger partial charge in [-0.25, -0.2) is 5.48 Å². The van der Waals surface area contributed by atoms with Gasteiger partial charge in [-0.1, -0.05) is 26.0 Å². The Bertz CT molecular complexity index is 689. The summed E-state index contributed by atoms with van der Waals surface area (Å²) >= 11 is 0. The van der Waals surface area contributed by atoms with Crippen LogP contribution in [0.4, 0.5) is 0 Å². The predicted molar refractivity (Wildman–Crippen MR) is 86.2 cm³/mol. The monoisotopic (exact) mass is 315 g/mol. The summed E-state index contributed by atoms with van der Waals surface area (Å²) in [6.07, 6.45) is 1.82. The highest BCUT2D eigenvalue weighted by Gasteiger charge is 2.20. The average molecular weight is 315 g/mol. The summed E-state index contributed by atoms with van der Waals surface area (Å²) in [4.78, 5) is 23.8. The van der Waals surface area contributed by atoms with Gasteiger partial charge in [0.1, 0.15) is 5.69 Å². The van der Waals surface area contributed by atoms with Crippen molar-refractivity contribution in [2.24, 2.45) is 13.0 Å². The van der Waals surface area contributed by atoms with E-state index in [1.807, 2.05) is 33.2 Å². The van der Waals surface area contributed by atoms with Gasteiger partial charge in [-0.15, -0.1) is 0 Å². The average Bonchev–Trinajstić information content (AvgIpc) is 2.97. The topological polar surface area (TPSA) is 83.4 Å². The van der Waals surface area contributed by atoms with Crippen molar-refractivity contribution in [3.8, 4) is 0 Å². The quantitative estimate of drug-likeness (QED) is 0.584. The first-order chi connectivity index (χ1) is 10.9. The molecule has 3 N–H and O–H groups in total. The van der Waals surface area contributed by atoms with E-state index in [4.69, 9.17) is 5.21 Å². The van der Waals surface area contributed by atoms with Gasteiger partial charge >= 0.3 is 0 Å². The number of hydrogen-bond donors (Lipinski definition) is 3. The number of benzene rings is 1. The van der Waals surface area contributed by atoms with E-state index in [-0.39, 0.29) is 17.9 Å². The zero-order valence-corrected chi connectivity index (χ0v) is 13.4. The number of carbonyl (C=O) groups is 2. The van der Waals surface area contributed by atoms with Crippen molar-refractivity contribution in [3.63, 3.8) is 0 Å². The Hall–Kier alpha value is -2.60. The summed E-state index contributed by atoms with van der Waals surface area (Å²) in [6, 6.07) is 10.2. The van der Waals surface area contributed by atoms with Crippen molar-refractivity contribution < 1.29 is 14.8 Å². The van der Waals surface area contributed by atoms with Crippen LogP contribution in [-0.2, 0) is 7.05 Å². The summed E-state index contributed by atoms with van der Waals surface area (Å²) < 4.78 is 1.77. The molecule has 0 aliphatic carbocycles. The second kappa shape index (κ2) is 7.11. The van der Waals surface area contributed by atoms with Crippen LogP contribution in [0.25, 0.3) is 0 Å². The molecule has 2 aromatic rings. The van der Waals surface area contributed by atoms with Crippen molar-refractivity contribution in [2.75, 3.05) is 0 Å². The molecule has 0 saturated carbocycles. The van der Waals surface area contributed by atoms with Crippen molar-refractivity contribution in [1.29, 1.82) is 0 Å². The molecule has 1 aromatic heterocycles. The van der Waals surface area contributed by atoms with Crippen LogP contribution in [0.2, 0.25) is 0 Å². The first-order valence-corrected chi connectivity index (χ1v) is 7.40. The molecule has 1 aromatic carbocycles. The van der Waals surface area contributed by atoms with Crippen molar-refractivity contribution in [3.05, 3.63) is 59.4 Å². The highest BCUT2D eigenvalue weighted by molar-refractivity contribution is 5.94. The molecular formula is C17H21N3O3. The molecule has 0 saturated heterocycles. The lowest BCUT2D eigenvalue weighted by Gasteiger charge is -2.23. The molecule has 6 heteroatoms. The maximum absolute atomic E-state index is 12.4. The molecule has 0 bridgehead atoms. The van der Waals surface area contributed by atoms with E-state index in [1.165, 1.54) is 0 Å². The highest BCUT2D eigenvalue weighted by atomic mass is 16.5. The van der Waals surface area contributed by atoms with Crippen LogP contribution < -0.4 is 10.8 Å². The fourth-order valence-electron chi connectivity index (χ4n) is 2.45. The molecule has 0 fully saturated rings. The molecule has 0 spiro atoms. The molecule has 0 radical (unpaired) electrons. The van der Waals surface area contributed by atoms with Gasteiger partial charge in [0.15, 0.2) is 0 Å². The standard InChI is InChI=1S/C17H21N3O3/c1-11(2)15(18-17(22)14-5-4-10-20(14)3)12-6-8-13(9-7-12)16(21)19-23/h4-11,15,23H,1-3H3,(H,18,22)(H,19,21)/t15-/m1/s1. The third-order valence-electron chi connectivity index (χ3n) is 3.76. The van der Waals surface area contributed by atoms with E-state index in [9.17, 15) is 9.59 Å². The van der Waals surface area contributed by atoms with Crippen LogP contribution in [-0.4, -0.2) is 21.6 Å². The number of nitrogens with one attached hydrogen (secondary N) is 2. The second-order valence-corrected chi connectivity index (χ2v) is 5.76. The third kappa shape index (κ3) is 3.78. The van der Waals surface area contributed by atoms with Crippen molar-refractivity contribution in [1.82, 2.24) is 15.4 Å². The first-order valence-electron chi connectivity index (χ1n) is 7.40. The van der Waals surface area contributed by atoms with Gasteiger partial charge in [0, 0.05) is 18.8 Å². The first kappa shape index (κ1) is 16.8. The molecule has 2 rings (SSSR count). The van der Waals surface area contributed by atoms with E-state index in [1.54, 1.807) is 40.4 Å². The summed E-state index contributed by atoms with van der Waals surface area (Å²) in [5.41, 5.74) is 3.44. The number of hydroxylamine groups is 1. The number of rotatable bonds is 5. The SMILES string of the molecule is CC(C)[C@@H](NC(=O)c1cccn1C)c1ccc(C(=O)NO)cc1. The molecule has 23 heavy (non-hydrogen) atoms. The van der Waals surface area contributed by atoms with Crippen LogP contribution in [0.1, 0.15) is 46.3 Å². The maximum atomic E-state index is 12.4. The third-order valence-corrected chi connectivity index (χ3v) is 3.76. The molecule has 0 aliphatic rings. The Labute approximate surface area is 135 Å². The van der Waals surface area contributed by atoms with Gasteiger partial charge in [-0.3, -0.25) is 14.8 Å². The summed E-state index contributed by atoms with van der Waals surface area (Å²) in [5, 5.41) is 11.7. The van der Waals surface area contributed by atoms with Gasteiger partial charge in [0.05, 0.1) is 6.04 Å². The Balaban J connectivity index is 2.20. The molecule has 0 unspecified atom stereocenters. The Morgan fingerprint density at radius 1 is 1.09 bits per heavy atom. The highest BCUT2D eigenvalue weighted by Crippen LogP contribution is 2.22. The fraction of sp³-hybridized carbons (Fsp3) is 0.294. The van der Waals surface area contributed by atoms with E-state index < -0.39 is 5.91 Å². The largest absolute Gasteiger partial charge is 0.347 e. The van der Waals surface area contributed by atoms with Gasteiger partial charge < -0.3 is 9.88 Å². The van der Waals surface area contributed by atoms with Gasteiger partial charge in [0.25, 0.3) is 11.8 Å². The fourth-order valence-corrected chi connectivity index (χ4v) is 2.45. The van der Waals surface area contributed by atoms with Crippen LogP contribution >= 0.6 is 0 Å². The van der Waals surface area contributed by atoms with E-state index >= 15 is 0 Å². The molecule has 2 amide bonds. The zero-order chi connectivity index (χ0) is 17.0.